The van der Waals surface area contributed by atoms with E-state index in [1.807, 2.05) is 43.0 Å². The normalized spacial score (nSPS) is 19.5. The number of carbonyl (C=O) groups is 2. The first-order valence-electron chi connectivity index (χ1n) is 7.60. The number of hydrogen-bond donors (Lipinski definition) is 3. The van der Waals surface area contributed by atoms with Gasteiger partial charge >= 0.3 is 6.03 Å². The van der Waals surface area contributed by atoms with Crippen LogP contribution in [0, 0.1) is 6.92 Å². The van der Waals surface area contributed by atoms with Gasteiger partial charge in [-0.25, -0.2) is 4.79 Å². The van der Waals surface area contributed by atoms with Gasteiger partial charge in [0.05, 0.1) is 12.5 Å². The maximum absolute atomic E-state index is 12.6. The van der Waals surface area contributed by atoms with Crippen LogP contribution in [0.5, 0.6) is 0 Å². The molecule has 0 radical (unpaired) electrons. The first kappa shape index (κ1) is 16.3. The zero-order chi connectivity index (χ0) is 16.1. The SMILES string of the molecule is Cc1cccc([C@H](CC(=O)N2CCNC[C@@H]2C)NC(N)=O)c1. The second-order valence-electron chi connectivity index (χ2n) is 5.82. The first-order chi connectivity index (χ1) is 10.5. The molecule has 0 saturated carbocycles. The number of aryl methyl sites for hydroxylation is 1. The monoisotopic (exact) mass is 304 g/mol. The number of piperazine rings is 1. The van der Waals surface area contributed by atoms with E-state index < -0.39 is 12.1 Å². The number of primary amides is 1. The van der Waals surface area contributed by atoms with Crippen molar-refractivity contribution in [3.63, 3.8) is 0 Å². The van der Waals surface area contributed by atoms with E-state index in [4.69, 9.17) is 5.73 Å². The van der Waals surface area contributed by atoms with Crippen LogP contribution < -0.4 is 16.4 Å². The lowest BCUT2D eigenvalue weighted by Crippen LogP contribution is -2.53. The molecule has 1 aromatic carbocycles. The molecule has 1 aliphatic heterocycles. The second-order valence-corrected chi connectivity index (χ2v) is 5.82. The molecule has 0 unspecified atom stereocenters. The molecular weight excluding hydrogens is 280 g/mol. The second kappa shape index (κ2) is 7.26. The summed E-state index contributed by atoms with van der Waals surface area (Å²) in [6.07, 6.45) is 0.219. The predicted octanol–water partition coefficient (Wildman–Crippen LogP) is 0.915. The number of amides is 3. The highest BCUT2D eigenvalue weighted by atomic mass is 16.2. The lowest BCUT2D eigenvalue weighted by atomic mass is 10.0. The van der Waals surface area contributed by atoms with Crippen LogP contribution in [0.15, 0.2) is 24.3 Å². The average molecular weight is 304 g/mol. The molecule has 1 saturated heterocycles. The summed E-state index contributed by atoms with van der Waals surface area (Å²) < 4.78 is 0. The van der Waals surface area contributed by atoms with Crippen molar-refractivity contribution in [1.29, 1.82) is 0 Å². The van der Waals surface area contributed by atoms with Crippen LogP contribution in [-0.4, -0.2) is 42.5 Å². The maximum atomic E-state index is 12.6. The van der Waals surface area contributed by atoms with Crippen LogP contribution >= 0.6 is 0 Å². The number of hydrogen-bond acceptors (Lipinski definition) is 3. The van der Waals surface area contributed by atoms with E-state index in [1.165, 1.54) is 0 Å². The first-order valence-corrected chi connectivity index (χ1v) is 7.60. The highest BCUT2D eigenvalue weighted by Crippen LogP contribution is 2.20. The number of rotatable bonds is 4. The van der Waals surface area contributed by atoms with Gasteiger partial charge in [0.15, 0.2) is 0 Å². The topological polar surface area (TPSA) is 87.5 Å². The van der Waals surface area contributed by atoms with E-state index in [9.17, 15) is 9.59 Å². The molecule has 22 heavy (non-hydrogen) atoms. The van der Waals surface area contributed by atoms with Crippen molar-refractivity contribution in [2.24, 2.45) is 5.73 Å². The molecule has 4 N–H and O–H groups in total. The van der Waals surface area contributed by atoms with Crippen LogP contribution in [-0.2, 0) is 4.79 Å². The van der Waals surface area contributed by atoms with E-state index in [0.29, 0.717) is 6.54 Å². The van der Waals surface area contributed by atoms with Crippen LogP contribution in [0.1, 0.15) is 30.5 Å². The van der Waals surface area contributed by atoms with Gasteiger partial charge in [0.25, 0.3) is 0 Å². The molecule has 0 bridgehead atoms. The number of nitrogens with zero attached hydrogens (tertiary/aromatic N) is 1. The largest absolute Gasteiger partial charge is 0.352 e. The van der Waals surface area contributed by atoms with Gasteiger partial charge in [0.1, 0.15) is 0 Å². The highest BCUT2D eigenvalue weighted by molar-refractivity contribution is 5.79. The fourth-order valence-corrected chi connectivity index (χ4v) is 2.81. The molecule has 3 amide bonds. The minimum Gasteiger partial charge on any atom is -0.352 e. The molecule has 6 nitrogen and oxygen atoms in total. The van der Waals surface area contributed by atoms with Gasteiger partial charge < -0.3 is 21.3 Å². The Bertz CT molecular complexity index is 547. The predicted molar refractivity (Wildman–Crippen MR) is 85.3 cm³/mol. The molecule has 0 aromatic heterocycles. The Kier molecular flexibility index (Phi) is 5.38. The van der Waals surface area contributed by atoms with Crippen molar-refractivity contribution in [3.05, 3.63) is 35.4 Å². The lowest BCUT2D eigenvalue weighted by molar-refractivity contribution is -0.134. The zero-order valence-corrected chi connectivity index (χ0v) is 13.1. The summed E-state index contributed by atoms with van der Waals surface area (Å²) in [5.41, 5.74) is 7.24. The van der Waals surface area contributed by atoms with Crippen molar-refractivity contribution in [2.45, 2.75) is 32.4 Å². The van der Waals surface area contributed by atoms with Gasteiger partial charge in [-0.15, -0.1) is 0 Å². The summed E-state index contributed by atoms with van der Waals surface area (Å²) in [4.78, 5) is 25.7. The number of carbonyl (C=O) groups excluding carboxylic acids is 2. The Balaban J connectivity index is 2.12. The number of benzene rings is 1. The molecule has 2 atom stereocenters. The molecule has 1 fully saturated rings. The molecule has 1 heterocycles. The van der Waals surface area contributed by atoms with Gasteiger partial charge in [-0.2, -0.15) is 0 Å². The van der Waals surface area contributed by atoms with Gasteiger partial charge in [-0.05, 0) is 19.4 Å². The van der Waals surface area contributed by atoms with Crippen LogP contribution in [0.25, 0.3) is 0 Å². The Labute approximate surface area is 131 Å². The highest BCUT2D eigenvalue weighted by Gasteiger charge is 2.26. The quantitative estimate of drug-likeness (QED) is 0.773. The number of nitrogens with one attached hydrogen (secondary N) is 2. The van der Waals surface area contributed by atoms with E-state index >= 15 is 0 Å². The van der Waals surface area contributed by atoms with E-state index in [2.05, 4.69) is 10.6 Å². The lowest BCUT2D eigenvalue weighted by Gasteiger charge is -2.35. The molecule has 0 spiro atoms. The standard InChI is InChI=1S/C16H24N4O2/c1-11-4-3-5-13(8-11)14(19-16(17)22)9-15(21)20-7-6-18-10-12(20)2/h3-5,8,12,14,18H,6-7,9-10H2,1-2H3,(H3,17,19,22)/t12-,14-/m0/s1. The van der Waals surface area contributed by atoms with E-state index in [1.54, 1.807) is 0 Å². The van der Waals surface area contributed by atoms with Crippen LogP contribution in [0.2, 0.25) is 0 Å². The summed E-state index contributed by atoms with van der Waals surface area (Å²) in [5.74, 6) is 0.0363. The minimum atomic E-state index is -0.618. The number of urea groups is 1. The smallest absolute Gasteiger partial charge is 0.312 e. The van der Waals surface area contributed by atoms with E-state index in [-0.39, 0.29) is 18.4 Å². The molecule has 0 aliphatic carbocycles. The third-order valence-corrected chi connectivity index (χ3v) is 3.96. The molecule has 1 aliphatic rings. The van der Waals surface area contributed by atoms with Crippen LogP contribution in [0.3, 0.4) is 0 Å². The Morgan fingerprint density at radius 3 is 2.91 bits per heavy atom. The molecule has 1 aromatic rings. The van der Waals surface area contributed by atoms with E-state index in [0.717, 1.165) is 24.2 Å². The molecule has 2 rings (SSSR count). The summed E-state index contributed by atoms with van der Waals surface area (Å²) >= 11 is 0. The summed E-state index contributed by atoms with van der Waals surface area (Å²) in [7, 11) is 0. The third-order valence-electron chi connectivity index (χ3n) is 3.96. The van der Waals surface area contributed by atoms with Crippen LogP contribution in [0.4, 0.5) is 4.79 Å². The van der Waals surface area contributed by atoms with Gasteiger partial charge in [-0.1, -0.05) is 29.8 Å². The summed E-state index contributed by atoms with van der Waals surface area (Å²) in [6, 6.07) is 6.91. The average Bonchev–Trinajstić information content (AvgIpc) is 2.46. The maximum Gasteiger partial charge on any atom is 0.312 e. The fraction of sp³-hybridized carbons (Fsp3) is 0.500. The van der Waals surface area contributed by atoms with Crippen molar-refractivity contribution in [3.8, 4) is 0 Å². The Morgan fingerprint density at radius 2 is 2.27 bits per heavy atom. The molecular formula is C16H24N4O2. The summed E-state index contributed by atoms with van der Waals surface area (Å²) in [6.45, 7) is 6.29. The van der Waals surface area contributed by atoms with Crippen molar-refractivity contribution < 1.29 is 9.59 Å². The van der Waals surface area contributed by atoms with Gasteiger partial charge in [-0.3, -0.25) is 4.79 Å². The Morgan fingerprint density at radius 1 is 1.50 bits per heavy atom. The zero-order valence-electron chi connectivity index (χ0n) is 13.1. The van der Waals surface area contributed by atoms with Gasteiger partial charge in [0.2, 0.25) is 5.91 Å². The minimum absolute atomic E-state index is 0.0363. The Hall–Kier alpha value is -2.08. The molecule has 120 valence electrons. The van der Waals surface area contributed by atoms with Crippen molar-refractivity contribution in [2.75, 3.05) is 19.6 Å². The van der Waals surface area contributed by atoms with Gasteiger partial charge in [0, 0.05) is 25.7 Å². The summed E-state index contributed by atoms with van der Waals surface area (Å²) in [5, 5.41) is 5.94. The molecule has 6 heteroatoms. The van der Waals surface area contributed by atoms with Crippen molar-refractivity contribution in [1.82, 2.24) is 15.5 Å². The van der Waals surface area contributed by atoms with Crippen molar-refractivity contribution >= 4 is 11.9 Å². The fourth-order valence-electron chi connectivity index (χ4n) is 2.81. The third kappa shape index (κ3) is 4.21. The number of nitrogens with two attached hydrogens (primary N) is 1.